The van der Waals surface area contributed by atoms with E-state index in [1.807, 2.05) is 55.6 Å². The Bertz CT molecular complexity index is 517. The van der Waals surface area contributed by atoms with Crippen LogP contribution < -0.4 is 0 Å². The van der Waals surface area contributed by atoms with Gasteiger partial charge >= 0.3 is 0 Å². The maximum Gasteiger partial charge on any atom is 0.170 e. The summed E-state index contributed by atoms with van der Waals surface area (Å²) >= 11 is 1.71. The molecule has 0 amide bonds. The molecule has 0 saturated heterocycles. The molecule has 0 saturated carbocycles. The zero-order chi connectivity index (χ0) is 13.0. The van der Waals surface area contributed by atoms with Gasteiger partial charge in [0.05, 0.1) is 0 Å². The Balaban J connectivity index is 2.20. The predicted octanol–water partition coefficient (Wildman–Crippen LogP) is 4.39. The number of thioether (sulfide) groups is 1. The fraction of sp³-hybridized carbons (Fsp3) is 0.188. The van der Waals surface area contributed by atoms with Gasteiger partial charge in [0.25, 0.3) is 0 Å². The Morgan fingerprint density at radius 2 is 1.61 bits per heavy atom. The number of carbonyl (C=O) groups excluding carboxylic acids is 1. The first-order valence-electron chi connectivity index (χ1n) is 5.95. The summed E-state index contributed by atoms with van der Waals surface area (Å²) in [6.45, 7) is 1.96. The van der Waals surface area contributed by atoms with Gasteiger partial charge in [-0.25, -0.2) is 0 Å². The van der Waals surface area contributed by atoms with Crippen LogP contribution in [0.4, 0.5) is 0 Å². The summed E-state index contributed by atoms with van der Waals surface area (Å²) in [5.74, 6) is 0.0795. The van der Waals surface area contributed by atoms with Crippen molar-refractivity contribution in [1.82, 2.24) is 0 Å². The fourth-order valence-electron chi connectivity index (χ4n) is 1.90. The van der Waals surface area contributed by atoms with Crippen molar-refractivity contribution in [2.75, 3.05) is 6.26 Å². The van der Waals surface area contributed by atoms with Crippen molar-refractivity contribution in [1.29, 1.82) is 0 Å². The topological polar surface area (TPSA) is 17.1 Å². The SMILES string of the molecule is CSc1ccc([C@@H](C)C(=O)c2ccccc2)cc1. The van der Waals surface area contributed by atoms with Crippen LogP contribution in [-0.4, -0.2) is 12.0 Å². The van der Waals surface area contributed by atoms with E-state index >= 15 is 0 Å². The van der Waals surface area contributed by atoms with Gasteiger partial charge in [0, 0.05) is 16.4 Å². The summed E-state index contributed by atoms with van der Waals surface area (Å²) in [5, 5.41) is 0. The van der Waals surface area contributed by atoms with Crippen LogP contribution in [0.1, 0.15) is 28.8 Å². The first-order chi connectivity index (χ1) is 8.72. The molecule has 0 aliphatic rings. The fourth-order valence-corrected chi connectivity index (χ4v) is 2.30. The maximum absolute atomic E-state index is 12.3. The van der Waals surface area contributed by atoms with Gasteiger partial charge in [-0.1, -0.05) is 49.4 Å². The van der Waals surface area contributed by atoms with Crippen LogP contribution >= 0.6 is 11.8 Å². The average molecular weight is 256 g/mol. The molecular formula is C16H16OS. The Labute approximate surface area is 112 Å². The molecule has 2 heteroatoms. The molecule has 1 atom stereocenters. The normalized spacial score (nSPS) is 12.1. The van der Waals surface area contributed by atoms with Crippen molar-refractivity contribution in [3.05, 3.63) is 65.7 Å². The number of benzene rings is 2. The summed E-state index contributed by atoms with van der Waals surface area (Å²) in [5.41, 5.74) is 1.85. The van der Waals surface area contributed by atoms with Crippen LogP contribution in [0.3, 0.4) is 0 Å². The Hall–Kier alpha value is -1.54. The van der Waals surface area contributed by atoms with Gasteiger partial charge in [-0.15, -0.1) is 11.8 Å². The van der Waals surface area contributed by atoms with Gasteiger partial charge in [0.2, 0.25) is 0 Å². The van der Waals surface area contributed by atoms with Gasteiger partial charge in [-0.3, -0.25) is 4.79 Å². The van der Waals surface area contributed by atoms with Crippen molar-refractivity contribution in [3.8, 4) is 0 Å². The number of rotatable bonds is 4. The molecule has 0 N–H and O–H groups in total. The Kier molecular flexibility index (Phi) is 4.21. The quantitative estimate of drug-likeness (QED) is 0.596. The molecule has 0 spiro atoms. The average Bonchev–Trinajstić information content (AvgIpc) is 2.47. The van der Waals surface area contributed by atoms with E-state index in [1.165, 1.54) is 4.90 Å². The molecule has 0 unspecified atom stereocenters. The van der Waals surface area contributed by atoms with Crippen LogP contribution in [0, 0.1) is 0 Å². The summed E-state index contributed by atoms with van der Waals surface area (Å²) in [6.07, 6.45) is 2.05. The maximum atomic E-state index is 12.3. The molecule has 1 nitrogen and oxygen atoms in total. The molecule has 0 radical (unpaired) electrons. The summed E-state index contributed by atoms with van der Waals surface area (Å²) < 4.78 is 0. The molecule has 2 aromatic rings. The molecule has 92 valence electrons. The number of Topliss-reactive ketones (excluding diaryl/α,β-unsaturated/α-hetero) is 1. The highest BCUT2D eigenvalue weighted by Crippen LogP contribution is 2.23. The van der Waals surface area contributed by atoms with E-state index in [4.69, 9.17) is 0 Å². The minimum absolute atomic E-state index is 0.0942. The van der Waals surface area contributed by atoms with E-state index in [9.17, 15) is 4.79 Å². The van der Waals surface area contributed by atoms with Crippen molar-refractivity contribution >= 4 is 17.5 Å². The van der Waals surface area contributed by atoms with Gasteiger partial charge in [-0.2, -0.15) is 0 Å². The lowest BCUT2D eigenvalue weighted by Crippen LogP contribution is -2.09. The lowest BCUT2D eigenvalue weighted by Gasteiger charge is -2.11. The molecule has 0 fully saturated rings. The van der Waals surface area contributed by atoms with Crippen LogP contribution in [0.2, 0.25) is 0 Å². The van der Waals surface area contributed by atoms with Crippen molar-refractivity contribution in [2.45, 2.75) is 17.7 Å². The Morgan fingerprint density at radius 1 is 1.00 bits per heavy atom. The molecule has 0 heterocycles. The highest BCUT2D eigenvalue weighted by molar-refractivity contribution is 7.98. The van der Waals surface area contributed by atoms with Gasteiger partial charge in [0.1, 0.15) is 0 Å². The third kappa shape index (κ3) is 2.82. The minimum atomic E-state index is -0.0942. The summed E-state index contributed by atoms with van der Waals surface area (Å²) in [6, 6.07) is 17.7. The molecule has 0 aromatic heterocycles. The van der Waals surface area contributed by atoms with Gasteiger partial charge in [0.15, 0.2) is 5.78 Å². The summed E-state index contributed by atoms with van der Waals surface area (Å²) in [7, 11) is 0. The predicted molar refractivity (Wildman–Crippen MR) is 77.4 cm³/mol. The van der Waals surface area contributed by atoms with Gasteiger partial charge in [-0.05, 0) is 24.0 Å². The van der Waals surface area contributed by atoms with Crippen LogP contribution in [0.25, 0.3) is 0 Å². The van der Waals surface area contributed by atoms with Crippen LogP contribution in [0.15, 0.2) is 59.5 Å². The first kappa shape index (κ1) is 12.9. The second-order valence-corrected chi connectivity index (χ2v) is 5.10. The lowest BCUT2D eigenvalue weighted by atomic mass is 9.92. The Morgan fingerprint density at radius 3 is 2.17 bits per heavy atom. The van der Waals surface area contributed by atoms with E-state index < -0.39 is 0 Å². The number of carbonyl (C=O) groups is 1. The third-order valence-electron chi connectivity index (χ3n) is 3.07. The molecule has 2 aromatic carbocycles. The molecule has 2 rings (SSSR count). The number of ketones is 1. The molecule has 0 aliphatic heterocycles. The highest BCUT2D eigenvalue weighted by Gasteiger charge is 2.16. The highest BCUT2D eigenvalue weighted by atomic mass is 32.2. The van der Waals surface area contributed by atoms with Crippen LogP contribution in [-0.2, 0) is 0 Å². The second kappa shape index (κ2) is 5.87. The molecule has 18 heavy (non-hydrogen) atoms. The molecule has 0 aliphatic carbocycles. The van der Waals surface area contributed by atoms with Crippen molar-refractivity contribution in [3.63, 3.8) is 0 Å². The van der Waals surface area contributed by atoms with E-state index in [0.717, 1.165) is 11.1 Å². The lowest BCUT2D eigenvalue weighted by molar-refractivity contribution is 0.0966. The van der Waals surface area contributed by atoms with E-state index in [2.05, 4.69) is 12.1 Å². The van der Waals surface area contributed by atoms with Crippen LogP contribution in [0.5, 0.6) is 0 Å². The largest absolute Gasteiger partial charge is 0.294 e. The zero-order valence-electron chi connectivity index (χ0n) is 10.6. The summed E-state index contributed by atoms with van der Waals surface area (Å²) in [4.78, 5) is 13.5. The van der Waals surface area contributed by atoms with E-state index in [0.29, 0.717) is 0 Å². The zero-order valence-corrected chi connectivity index (χ0v) is 11.4. The second-order valence-electron chi connectivity index (χ2n) is 4.23. The number of hydrogen-bond acceptors (Lipinski definition) is 2. The minimum Gasteiger partial charge on any atom is -0.294 e. The van der Waals surface area contributed by atoms with Gasteiger partial charge < -0.3 is 0 Å². The van der Waals surface area contributed by atoms with Crippen molar-refractivity contribution in [2.24, 2.45) is 0 Å². The molecule has 0 bridgehead atoms. The smallest absolute Gasteiger partial charge is 0.170 e. The standard InChI is InChI=1S/C16H16OS/c1-12(13-8-10-15(18-2)11-9-13)16(17)14-6-4-3-5-7-14/h3-12H,1-2H3/t12-/m1/s1. The van der Waals surface area contributed by atoms with Crippen molar-refractivity contribution < 1.29 is 4.79 Å². The van der Waals surface area contributed by atoms with E-state index in [1.54, 1.807) is 11.8 Å². The number of hydrogen-bond donors (Lipinski definition) is 0. The monoisotopic (exact) mass is 256 g/mol. The molecular weight excluding hydrogens is 240 g/mol. The van der Waals surface area contributed by atoms with E-state index in [-0.39, 0.29) is 11.7 Å². The first-order valence-corrected chi connectivity index (χ1v) is 7.18. The third-order valence-corrected chi connectivity index (χ3v) is 3.81.